The lowest BCUT2D eigenvalue weighted by atomic mass is 9.85. The Morgan fingerprint density at radius 3 is 2.50 bits per heavy atom. The molecule has 12 heavy (non-hydrogen) atoms. The molecule has 1 atom stereocenters. The third kappa shape index (κ3) is 1.78. The second-order valence-corrected chi connectivity index (χ2v) is 3.83. The van der Waals surface area contributed by atoms with Crippen LogP contribution in [0.5, 0.6) is 0 Å². The van der Waals surface area contributed by atoms with Crippen molar-refractivity contribution in [1.29, 1.82) is 5.26 Å². The van der Waals surface area contributed by atoms with Gasteiger partial charge in [-0.25, -0.2) is 0 Å². The van der Waals surface area contributed by atoms with Crippen molar-refractivity contribution in [2.45, 2.75) is 45.1 Å². The quantitative estimate of drug-likeness (QED) is 0.696. The molecular weight excluding hydrogens is 148 g/mol. The fourth-order valence-electron chi connectivity index (χ4n) is 2.15. The van der Waals surface area contributed by atoms with Gasteiger partial charge >= 0.3 is 0 Å². The van der Waals surface area contributed by atoms with E-state index in [-0.39, 0.29) is 5.54 Å². The Kier molecular flexibility index (Phi) is 3.11. The molecule has 0 radical (unpaired) electrons. The summed E-state index contributed by atoms with van der Waals surface area (Å²) < 4.78 is 0. The van der Waals surface area contributed by atoms with Crippen LogP contribution in [0.3, 0.4) is 0 Å². The lowest BCUT2D eigenvalue weighted by Gasteiger charge is -2.29. The average Bonchev–Trinajstić information content (AvgIpc) is 2.57. The Balaban J connectivity index is 2.59. The molecule has 0 heterocycles. The minimum Gasteiger partial charge on any atom is -0.300 e. The standard InChI is InChI=1S/C10H18N2/c1-3-12-10(2,8-11)9-6-4-5-7-9/h9,12H,3-7H2,1-2H3. The molecule has 1 aliphatic rings. The van der Waals surface area contributed by atoms with Crippen LogP contribution in [-0.2, 0) is 0 Å². The summed E-state index contributed by atoms with van der Waals surface area (Å²) in [5, 5.41) is 12.4. The van der Waals surface area contributed by atoms with E-state index in [4.69, 9.17) is 5.26 Å². The highest BCUT2D eigenvalue weighted by Crippen LogP contribution is 2.33. The third-order valence-corrected chi connectivity index (χ3v) is 2.95. The van der Waals surface area contributed by atoms with Crippen LogP contribution in [-0.4, -0.2) is 12.1 Å². The van der Waals surface area contributed by atoms with Gasteiger partial charge < -0.3 is 0 Å². The molecule has 0 spiro atoms. The molecule has 1 rings (SSSR count). The summed E-state index contributed by atoms with van der Waals surface area (Å²) in [4.78, 5) is 0. The maximum absolute atomic E-state index is 9.06. The normalized spacial score (nSPS) is 23.4. The molecule has 0 amide bonds. The fraction of sp³-hybridized carbons (Fsp3) is 0.900. The molecule has 0 saturated heterocycles. The first-order valence-corrected chi connectivity index (χ1v) is 4.89. The number of hydrogen-bond donors (Lipinski definition) is 1. The summed E-state index contributed by atoms with van der Waals surface area (Å²) in [5.41, 5.74) is -0.273. The van der Waals surface area contributed by atoms with Gasteiger partial charge in [-0.1, -0.05) is 19.8 Å². The molecule has 1 aliphatic carbocycles. The molecule has 1 unspecified atom stereocenters. The SMILES string of the molecule is CCNC(C)(C#N)C1CCCC1. The summed E-state index contributed by atoms with van der Waals surface area (Å²) >= 11 is 0. The van der Waals surface area contributed by atoms with Crippen molar-refractivity contribution in [2.24, 2.45) is 5.92 Å². The van der Waals surface area contributed by atoms with Crippen molar-refractivity contribution in [3.63, 3.8) is 0 Å². The van der Waals surface area contributed by atoms with Crippen LogP contribution in [0.2, 0.25) is 0 Å². The first-order valence-electron chi connectivity index (χ1n) is 4.89. The van der Waals surface area contributed by atoms with Gasteiger partial charge in [0.1, 0.15) is 5.54 Å². The molecule has 1 fully saturated rings. The lowest BCUT2D eigenvalue weighted by molar-refractivity contribution is 0.307. The first kappa shape index (κ1) is 9.54. The predicted molar refractivity (Wildman–Crippen MR) is 49.7 cm³/mol. The van der Waals surface area contributed by atoms with Gasteiger partial charge in [0.2, 0.25) is 0 Å². The molecule has 0 aromatic rings. The van der Waals surface area contributed by atoms with E-state index in [0.717, 1.165) is 6.54 Å². The van der Waals surface area contributed by atoms with E-state index < -0.39 is 0 Å². The summed E-state index contributed by atoms with van der Waals surface area (Å²) in [7, 11) is 0. The van der Waals surface area contributed by atoms with E-state index in [1.54, 1.807) is 0 Å². The molecule has 0 bridgehead atoms. The van der Waals surface area contributed by atoms with Crippen molar-refractivity contribution >= 4 is 0 Å². The van der Waals surface area contributed by atoms with Crippen LogP contribution < -0.4 is 5.32 Å². The number of rotatable bonds is 3. The Bertz CT molecular complexity index is 177. The number of nitriles is 1. The number of hydrogen-bond acceptors (Lipinski definition) is 2. The van der Waals surface area contributed by atoms with Crippen molar-refractivity contribution in [3.05, 3.63) is 0 Å². The van der Waals surface area contributed by atoms with Gasteiger partial charge in [0, 0.05) is 0 Å². The maximum atomic E-state index is 9.06. The highest BCUT2D eigenvalue weighted by atomic mass is 15.0. The summed E-state index contributed by atoms with van der Waals surface area (Å²) in [6, 6.07) is 2.41. The van der Waals surface area contributed by atoms with Gasteiger partial charge in [0.05, 0.1) is 6.07 Å². The van der Waals surface area contributed by atoms with E-state index in [0.29, 0.717) is 5.92 Å². The van der Waals surface area contributed by atoms with E-state index in [2.05, 4.69) is 18.3 Å². The first-order chi connectivity index (χ1) is 5.73. The largest absolute Gasteiger partial charge is 0.300 e. The molecular formula is C10H18N2. The second kappa shape index (κ2) is 3.91. The van der Waals surface area contributed by atoms with Crippen LogP contribution in [0.4, 0.5) is 0 Å². The van der Waals surface area contributed by atoms with E-state index in [9.17, 15) is 0 Å². The molecule has 2 nitrogen and oxygen atoms in total. The van der Waals surface area contributed by atoms with Crippen LogP contribution >= 0.6 is 0 Å². The Morgan fingerprint density at radius 2 is 2.08 bits per heavy atom. The molecule has 1 N–H and O–H groups in total. The van der Waals surface area contributed by atoms with Crippen molar-refractivity contribution in [2.75, 3.05) is 6.54 Å². The summed E-state index contributed by atoms with van der Waals surface area (Å²) in [5.74, 6) is 0.572. The van der Waals surface area contributed by atoms with Gasteiger partial charge in [-0.05, 0) is 32.2 Å². The third-order valence-electron chi connectivity index (χ3n) is 2.95. The van der Waals surface area contributed by atoms with Gasteiger partial charge in [-0.15, -0.1) is 0 Å². The molecule has 0 aromatic heterocycles. The second-order valence-electron chi connectivity index (χ2n) is 3.83. The van der Waals surface area contributed by atoms with E-state index in [1.807, 2.05) is 6.92 Å². The average molecular weight is 166 g/mol. The highest BCUT2D eigenvalue weighted by molar-refractivity contribution is 5.08. The van der Waals surface area contributed by atoms with Gasteiger partial charge in [-0.3, -0.25) is 5.32 Å². The number of nitrogens with one attached hydrogen (secondary N) is 1. The predicted octanol–water partition coefficient (Wildman–Crippen LogP) is 2.07. The van der Waals surface area contributed by atoms with Crippen molar-refractivity contribution < 1.29 is 0 Å². The Morgan fingerprint density at radius 1 is 1.50 bits per heavy atom. The van der Waals surface area contributed by atoms with Crippen molar-refractivity contribution in [3.8, 4) is 6.07 Å². The fourth-order valence-corrected chi connectivity index (χ4v) is 2.15. The van der Waals surface area contributed by atoms with Crippen LogP contribution in [0.1, 0.15) is 39.5 Å². The minimum atomic E-state index is -0.273. The summed E-state index contributed by atoms with van der Waals surface area (Å²) in [6.45, 7) is 4.98. The number of nitrogens with zero attached hydrogens (tertiary/aromatic N) is 1. The summed E-state index contributed by atoms with van der Waals surface area (Å²) in [6.07, 6.45) is 5.04. The zero-order valence-electron chi connectivity index (χ0n) is 8.06. The van der Waals surface area contributed by atoms with Gasteiger partial charge in [-0.2, -0.15) is 5.26 Å². The molecule has 1 saturated carbocycles. The maximum Gasteiger partial charge on any atom is 0.106 e. The molecule has 0 aliphatic heterocycles. The lowest BCUT2D eigenvalue weighted by Crippen LogP contribution is -2.46. The zero-order valence-corrected chi connectivity index (χ0v) is 8.06. The smallest absolute Gasteiger partial charge is 0.106 e. The zero-order chi connectivity index (χ0) is 9.03. The van der Waals surface area contributed by atoms with Crippen LogP contribution in [0.25, 0.3) is 0 Å². The van der Waals surface area contributed by atoms with Gasteiger partial charge in [0.25, 0.3) is 0 Å². The van der Waals surface area contributed by atoms with Crippen molar-refractivity contribution in [1.82, 2.24) is 5.32 Å². The van der Waals surface area contributed by atoms with E-state index in [1.165, 1.54) is 25.7 Å². The van der Waals surface area contributed by atoms with Crippen LogP contribution in [0.15, 0.2) is 0 Å². The monoisotopic (exact) mass is 166 g/mol. The topological polar surface area (TPSA) is 35.8 Å². The van der Waals surface area contributed by atoms with Gasteiger partial charge in [0.15, 0.2) is 0 Å². The van der Waals surface area contributed by atoms with Crippen LogP contribution in [0, 0.1) is 17.2 Å². The minimum absolute atomic E-state index is 0.273. The van der Waals surface area contributed by atoms with E-state index >= 15 is 0 Å². The Labute approximate surface area is 75.0 Å². The molecule has 2 heteroatoms. The highest BCUT2D eigenvalue weighted by Gasteiger charge is 2.35. The Hall–Kier alpha value is -0.550. The molecule has 68 valence electrons. The molecule has 0 aromatic carbocycles.